The van der Waals surface area contributed by atoms with Gasteiger partial charge in [-0.25, -0.2) is 9.59 Å². The summed E-state index contributed by atoms with van der Waals surface area (Å²) in [7, 11) is 0. The Balaban J connectivity index is 2.07. The first-order chi connectivity index (χ1) is 8.97. The first-order valence-corrected chi connectivity index (χ1v) is 6.73. The number of likely N-dealkylation sites (tertiary alicyclic amines) is 1. The Morgan fingerprint density at radius 2 is 2.11 bits per heavy atom. The summed E-state index contributed by atoms with van der Waals surface area (Å²) in [5.41, 5.74) is 1.08. The van der Waals surface area contributed by atoms with E-state index in [-0.39, 0.29) is 12.5 Å². The van der Waals surface area contributed by atoms with Crippen LogP contribution in [0.4, 0.5) is 4.79 Å². The van der Waals surface area contributed by atoms with E-state index in [9.17, 15) is 9.59 Å². The molecule has 1 aliphatic rings. The molecule has 1 aromatic carbocycles. The molecule has 5 nitrogen and oxygen atoms in total. The molecule has 0 radical (unpaired) electrons. The second kappa shape index (κ2) is 5.61. The summed E-state index contributed by atoms with van der Waals surface area (Å²) >= 11 is 3.38. The van der Waals surface area contributed by atoms with Gasteiger partial charge in [-0.3, -0.25) is 4.90 Å². The number of carboxylic acids is 1. The number of hydrogen-bond acceptors (Lipinski definition) is 2. The van der Waals surface area contributed by atoms with E-state index < -0.39 is 18.1 Å². The molecule has 0 unspecified atom stereocenters. The fraction of sp³-hybridized carbons (Fsp3) is 0.385. The molecule has 6 heteroatoms. The molecule has 0 aromatic heterocycles. The third-order valence-electron chi connectivity index (χ3n) is 3.33. The van der Waals surface area contributed by atoms with Crippen LogP contribution >= 0.6 is 15.9 Å². The first-order valence-electron chi connectivity index (χ1n) is 5.94. The molecule has 0 bridgehead atoms. The lowest BCUT2D eigenvalue weighted by molar-refractivity contribution is -0.141. The Bertz CT molecular complexity index is 483. The number of carboxylic acid groups (broad SMARTS) is 2. The van der Waals surface area contributed by atoms with E-state index in [0.717, 1.165) is 14.9 Å². The molecule has 1 aromatic rings. The molecule has 1 heterocycles. The zero-order valence-electron chi connectivity index (χ0n) is 10.1. The second-order valence-corrected chi connectivity index (χ2v) is 5.64. The second-order valence-electron chi connectivity index (χ2n) is 4.72. The van der Waals surface area contributed by atoms with E-state index in [1.54, 1.807) is 0 Å². The van der Waals surface area contributed by atoms with Gasteiger partial charge in [0.05, 0.1) is 0 Å². The average molecular weight is 328 g/mol. The molecule has 102 valence electrons. The minimum absolute atomic E-state index is 0.0477. The van der Waals surface area contributed by atoms with Gasteiger partial charge in [0.2, 0.25) is 0 Å². The molecule has 0 saturated carbocycles. The molecule has 0 aliphatic carbocycles. The van der Waals surface area contributed by atoms with Gasteiger partial charge in [-0.2, -0.15) is 0 Å². The molecule has 0 spiro atoms. The summed E-state index contributed by atoms with van der Waals surface area (Å²) in [6.07, 6.45) is -0.106. The van der Waals surface area contributed by atoms with Crippen molar-refractivity contribution in [1.82, 2.24) is 4.90 Å². The number of aliphatic carboxylic acids is 1. The van der Waals surface area contributed by atoms with Gasteiger partial charge >= 0.3 is 12.1 Å². The van der Waals surface area contributed by atoms with Crippen molar-refractivity contribution in [3.05, 3.63) is 34.3 Å². The van der Waals surface area contributed by atoms with Crippen LogP contribution in [0.3, 0.4) is 0 Å². The van der Waals surface area contributed by atoms with E-state index in [0.29, 0.717) is 12.8 Å². The van der Waals surface area contributed by atoms with Gasteiger partial charge in [-0.1, -0.05) is 28.1 Å². The molecule has 1 aliphatic heterocycles. The van der Waals surface area contributed by atoms with Crippen molar-refractivity contribution in [1.29, 1.82) is 0 Å². The van der Waals surface area contributed by atoms with Gasteiger partial charge < -0.3 is 10.2 Å². The van der Waals surface area contributed by atoms with Gasteiger partial charge in [0.25, 0.3) is 0 Å². The van der Waals surface area contributed by atoms with E-state index >= 15 is 0 Å². The number of carbonyl (C=O) groups is 2. The van der Waals surface area contributed by atoms with Crippen molar-refractivity contribution in [2.24, 2.45) is 5.92 Å². The Kier molecular flexibility index (Phi) is 4.09. The summed E-state index contributed by atoms with van der Waals surface area (Å²) in [4.78, 5) is 23.1. The van der Waals surface area contributed by atoms with Gasteiger partial charge in [-0.15, -0.1) is 0 Å². The summed E-state index contributed by atoms with van der Waals surface area (Å²) in [5, 5.41) is 18.1. The standard InChI is InChI=1S/C13H14BrNO4/c14-10-3-1-2-8(5-10)4-9-6-11(12(16)17)15(7-9)13(18)19/h1-3,5,9,11H,4,6-7H2,(H,16,17)(H,18,19)/t9-,11+/m0/s1. The van der Waals surface area contributed by atoms with E-state index in [1.165, 1.54) is 0 Å². The number of nitrogens with zero attached hydrogens (tertiary/aromatic N) is 1. The lowest BCUT2D eigenvalue weighted by Gasteiger charge is -2.16. The highest BCUT2D eigenvalue weighted by Gasteiger charge is 2.39. The molecule has 2 rings (SSSR count). The monoisotopic (exact) mass is 327 g/mol. The van der Waals surface area contributed by atoms with E-state index in [2.05, 4.69) is 15.9 Å². The van der Waals surface area contributed by atoms with Crippen LogP contribution in [0.2, 0.25) is 0 Å². The maximum Gasteiger partial charge on any atom is 0.408 e. The maximum absolute atomic E-state index is 11.1. The Labute approximate surface area is 119 Å². The zero-order chi connectivity index (χ0) is 14.0. The summed E-state index contributed by atoms with van der Waals surface area (Å²) < 4.78 is 0.966. The van der Waals surface area contributed by atoms with Crippen LogP contribution in [0.15, 0.2) is 28.7 Å². The quantitative estimate of drug-likeness (QED) is 0.893. The maximum atomic E-state index is 11.1. The van der Waals surface area contributed by atoms with Crippen LogP contribution in [0.5, 0.6) is 0 Å². The highest BCUT2D eigenvalue weighted by Crippen LogP contribution is 2.27. The minimum atomic E-state index is -1.16. The topological polar surface area (TPSA) is 77.8 Å². The molecule has 2 N–H and O–H groups in total. The third kappa shape index (κ3) is 3.26. The van der Waals surface area contributed by atoms with E-state index in [1.807, 2.05) is 24.3 Å². The van der Waals surface area contributed by atoms with Crippen molar-refractivity contribution in [3.8, 4) is 0 Å². The molecule has 19 heavy (non-hydrogen) atoms. The van der Waals surface area contributed by atoms with Crippen molar-refractivity contribution >= 4 is 28.0 Å². The van der Waals surface area contributed by atoms with Crippen LogP contribution in [-0.2, 0) is 11.2 Å². The predicted molar refractivity (Wildman–Crippen MR) is 72.1 cm³/mol. The Hall–Kier alpha value is -1.56. The third-order valence-corrected chi connectivity index (χ3v) is 3.83. The van der Waals surface area contributed by atoms with Crippen molar-refractivity contribution in [2.75, 3.05) is 6.54 Å². The van der Waals surface area contributed by atoms with Crippen molar-refractivity contribution in [2.45, 2.75) is 18.9 Å². The molecular weight excluding hydrogens is 314 g/mol. The van der Waals surface area contributed by atoms with Crippen molar-refractivity contribution < 1.29 is 19.8 Å². The summed E-state index contributed by atoms with van der Waals surface area (Å²) in [5.74, 6) is -1.02. The zero-order valence-corrected chi connectivity index (χ0v) is 11.7. The minimum Gasteiger partial charge on any atom is -0.480 e. The Morgan fingerprint density at radius 1 is 1.37 bits per heavy atom. The molecule has 1 saturated heterocycles. The smallest absolute Gasteiger partial charge is 0.408 e. The number of amides is 1. The average Bonchev–Trinajstić information content (AvgIpc) is 2.73. The van der Waals surface area contributed by atoms with Gasteiger partial charge in [0.15, 0.2) is 0 Å². The van der Waals surface area contributed by atoms with Gasteiger partial charge in [0, 0.05) is 11.0 Å². The van der Waals surface area contributed by atoms with Gasteiger partial charge in [0.1, 0.15) is 6.04 Å². The lowest BCUT2D eigenvalue weighted by atomic mass is 9.97. The number of benzene rings is 1. The SMILES string of the molecule is O=C(O)[C@H]1C[C@H](Cc2cccc(Br)c2)CN1C(=O)O. The summed E-state index contributed by atoms with van der Waals surface area (Å²) in [6.45, 7) is 0.277. The number of hydrogen-bond donors (Lipinski definition) is 2. The molecule has 1 amide bonds. The molecular formula is C13H14BrNO4. The number of halogens is 1. The fourth-order valence-electron chi connectivity index (χ4n) is 2.51. The van der Waals surface area contributed by atoms with Crippen LogP contribution < -0.4 is 0 Å². The molecule has 2 atom stereocenters. The predicted octanol–water partition coefficient (Wildman–Crippen LogP) is 2.44. The van der Waals surface area contributed by atoms with Gasteiger partial charge in [-0.05, 0) is 36.5 Å². The molecule has 1 fully saturated rings. The number of rotatable bonds is 3. The summed E-state index contributed by atoms with van der Waals surface area (Å²) in [6, 6.07) is 6.85. The highest BCUT2D eigenvalue weighted by atomic mass is 79.9. The highest BCUT2D eigenvalue weighted by molar-refractivity contribution is 9.10. The fourth-order valence-corrected chi connectivity index (χ4v) is 2.96. The lowest BCUT2D eigenvalue weighted by Crippen LogP contribution is -2.39. The normalized spacial score (nSPS) is 22.5. The van der Waals surface area contributed by atoms with Crippen molar-refractivity contribution in [3.63, 3.8) is 0 Å². The van der Waals surface area contributed by atoms with Crippen LogP contribution in [0.1, 0.15) is 12.0 Å². The first kappa shape index (κ1) is 13.9. The van der Waals surface area contributed by atoms with Crippen LogP contribution in [0.25, 0.3) is 0 Å². The largest absolute Gasteiger partial charge is 0.480 e. The Morgan fingerprint density at radius 3 is 2.63 bits per heavy atom. The van der Waals surface area contributed by atoms with E-state index in [4.69, 9.17) is 10.2 Å². The van der Waals surface area contributed by atoms with Crippen LogP contribution in [-0.4, -0.2) is 39.8 Å². The van der Waals surface area contributed by atoms with Crippen LogP contribution in [0, 0.1) is 5.92 Å².